The molecule has 164 valence electrons. The summed E-state index contributed by atoms with van der Waals surface area (Å²) in [5.74, 6) is 1.89. The zero-order chi connectivity index (χ0) is 22.5. The second kappa shape index (κ2) is 9.78. The number of benzene rings is 2. The monoisotopic (exact) mass is 449 g/mol. The van der Waals surface area contributed by atoms with Crippen molar-refractivity contribution in [3.8, 4) is 11.4 Å². The highest BCUT2D eigenvalue weighted by Crippen LogP contribution is 2.21. The van der Waals surface area contributed by atoms with Gasteiger partial charge in [-0.1, -0.05) is 67.0 Å². The summed E-state index contributed by atoms with van der Waals surface area (Å²) in [4.78, 5) is 16.9. The number of rotatable bonds is 8. The summed E-state index contributed by atoms with van der Waals surface area (Å²) in [6.45, 7) is 4.83. The van der Waals surface area contributed by atoms with Crippen LogP contribution >= 0.6 is 11.6 Å². The van der Waals surface area contributed by atoms with Crippen molar-refractivity contribution in [1.82, 2.24) is 19.9 Å². The van der Waals surface area contributed by atoms with E-state index in [-0.39, 0.29) is 12.3 Å². The van der Waals surface area contributed by atoms with Gasteiger partial charge in [0.1, 0.15) is 5.82 Å². The van der Waals surface area contributed by atoms with E-state index in [1.165, 1.54) is 5.56 Å². The first-order chi connectivity index (χ1) is 15.5. The highest BCUT2D eigenvalue weighted by atomic mass is 35.5. The van der Waals surface area contributed by atoms with Crippen LogP contribution in [-0.4, -0.2) is 25.8 Å². The fourth-order valence-corrected chi connectivity index (χ4v) is 3.37. The lowest BCUT2D eigenvalue weighted by Crippen LogP contribution is -2.16. The van der Waals surface area contributed by atoms with Crippen molar-refractivity contribution in [3.05, 3.63) is 82.8 Å². The maximum atomic E-state index is 12.5. The maximum absolute atomic E-state index is 12.5. The van der Waals surface area contributed by atoms with Crippen LogP contribution in [0, 0.1) is 0 Å². The third-order valence-corrected chi connectivity index (χ3v) is 5.35. The number of hydrogen-bond donors (Lipinski definition) is 1. The van der Waals surface area contributed by atoms with E-state index >= 15 is 0 Å². The molecule has 2 aromatic carbocycles. The number of carbonyl (C=O) groups excluding carboxylic acids is 1. The Hall–Kier alpha value is -3.45. The molecule has 0 aliphatic rings. The molecule has 0 aliphatic heterocycles. The van der Waals surface area contributed by atoms with Crippen LogP contribution in [0.4, 0.5) is 5.82 Å². The normalized spacial score (nSPS) is 11.1. The van der Waals surface area contributed by atoms with Crippen LogP contribution in [0.5, 0.6) is 0 Å². The Bertz CT molecular complexity index is 1180. The average molecular weight is 450 g/mol. The lowest BCUT2D eigenvalue weighted by atomic mass is 10.0. The Morgan fingerprint density at radius 1 is 1.09 bits per heavy atom. The van der Waals surface area contributed by atoms with E-state index in [1.807, 2.05) is 36.4 Å². The van der Waals surface area contributed by atoms with Gasteiger partial charge in [0.05, 0.1) is 12.7 Å². The molecule has 0 fully saturated rings. The van der Waals surface area contributed by atoms with Crippen molar-refractivity contribution in [1.29, 1.82) is 0 Å². The second-order valence-electron chi connectivity index (χ2n) is 7.84. The van der Waals surface area contributed by atoms with E-state index in [4.69, 9.17) is 16.1 Å². The van der Waals surface area contributed by atoms with Gasteiger partial charge in [0.25, 0.3) is 0 Å². The predicted molar refractivity (Wildman–Crippen MR) is 124 cm³/mol. The molecular formula is C24H24ClN5O2. The Labute approximate surface area is 191 Å². The summed E-state index contributed by atoms with van der Waals surface area (Å²) in [5, 5.41) is 11.9. The minimum atomic E-state index is -0.149. The van der Waals surface area contributed by atoms with Gasteiger partial charge in [-0.05, 0) is 29.2 Å². The van der Waals surface area contributed by atoms with Gasteiger partial charge in [-0.3, -0.25) is 4.79 Å². The highest BCUT2D eigenvalue weighted by Gasteiger charge is 2.13. The summed E-state index contributed by atoms with van der Waals surface area (Å²) in [5.41, 5.74) is 3.18. The number of aryl methyl sites for hydroxylation is 1. The van der Waals surface area contributed by atoms with Crippen molar-refractivity contribution in [3.63, 3.8) is 0 Å². The van der Waals surface area contributed by atoms with Crippen LogP contribution < -0.4 is 5.32 Å². The summed E-state index contributed by atoms with van der Waals surface area (Å²) < 4.78 is 7.05. The summed E-state index contributed by atoms with van der Waals surface area (Å²) in [6, 6.07) is 17.4. The topological polar surface area (TPSA) is 85.8 Å². The predicted octanol–water partition coefficient (Wildman–Crippen LogP) is 5.33. The highest BCUT2D eigenvalue weighted by molar-refractivity contribution is 6.30. The fraction of sp³-hybridized carbons (Fsp3) is 0.250. The molecule has 2 aromatic heterocycles. The lowest BCUT2D eigenvalue weighted by Gasteiger charge is -2.09. The third kappa shape index (κ3) is 5.42. The standard InChI is InChI=1S/C24H24ClN5O2/c1-16(2)18-5-7-19(8-6-18)24-28-23(32-29-24)12-11-22(31)27-21-13-14-26-30(21)15-17-3-9-20(25)10-4-17/h3-10,13-14,16H,11-12,15H2,1-2H3,(H,27,31). The molecule has 0 saturated carbocycles. The molecule has 8 heteroatoms. The molecule has 0 radical (unpaired) electrons. The molecular weight excluding hydrogens is 426 g/mol. The van der Waals surface area contributed by atoms with Gasteiger partial charge in [0, 0.05) is 29.5 Å². The zero-order valence-electron chi connectivity index (χ0n) is 18.0. The number of nitrogens with one attached hydrogen (secondary N) is 1. The van der Waals surface area contributed by atoms with E-state index in [0.29, 0.717) is 41.4 Å². The van der Waals surface area contributed by atoms with Crippen molar-refractivity contribution >= 4 is 23.3 Å². The molecule has 4 rings (SSSR count). The Morgan fingerprint density at radius 2 is 1.84 bits per heavy atom. The molecule has 0 spiro atoms. The first-order valence-corrected chi connectivity index (χ1v) is 10.8. The smallest absolute Gasteiger partial charge is 0.227 e. The first kappa shape index (κ1) is 21.8. The summed E-state index contributed by atoms with van der Waals surface area (Å²) in [7, 11) is 0. The Balaban J connectivity index is 1.32. The number of hydrogen-bond acceptors (Lipinski definition) is 5. The van der Waals surface area contributed by atoms with E-state index in [0.717, 1.165) is 11.1 Å². The molecule has 1 N–H and O–H groups in total. The molecule has 1 amide bonds. The molecule has 0 aliphatic carbocycles. The quantitative estimate of drug-likeness (QED) is 0.393. The van der Waals surface area contributed by atoms with Crippen LogP contribution in [-0.2, 0) is 17.8 Å². The second-order valence-corrected chi connectivity index (χ2v) is 8.27. The molecule has 0 unspecified atom stereocenters. The van der Waals surface area contributed by atoms with Gasteiger partial charge in [0.2, 0.25) is 17.6 Å². The fourth-order valence-electron chi connectivity index (χ4n) is 3.24. The number of nitrogens with zero attached hydrogens (tertiary/aromatic N) is 4. The molecule has 2 heterocycles. The van der Waals surface area contributed by atoms with Gasteiger partial charge < -0.3 is 9.84 Å². The van der Waals surface area contributed by atoms with E-state index in [9.17, 15) is 4.79 Å². The molecule has 7 nitrogen and oxygen atoms in total. The maximum Gasteiger partial charge on any atom is 0.227 e. The van der Waals surface area contributed by atoms with Crippen LogP contribution in [0.2, 0.25) is 5.02 Å². The number of carbonyl (C=O) groups is 1. The number of aromatic nitrogens is 4. The van der Waals surface area contributed by atoms with Crippen molar-refractivity contribution < 1.29 is 9.32 Å². The van der Waals surface area contributed by atoms with Crippen LogP contribution in [0.3, 0.4) is 0 Å². The Morgan fingerprint density at radius 3 is 2.56 bits per heavy atom. The molecule has 4 aromatic rings. The molecule has 32 heavy (non-hydrogen) atoms. The Kier molecular flexibility index (Phi) is 6.66. The number of amides is 1. The van der Waals surface area contributed by atoms with E-state index < -0.39 is 0 Å². The van der Waals surface area contributed by atoms with Gasteiger partial charge in [0.15, 0.2) is 0 Å². The molecule has 0 saturated heterocycles. The SMILES string of the molecule is CC(C)c1ccc(-c2noc(CCC(=O)Nc3ccnn3Cc3ccc(Cl)cc3)n2)cc1. The molecule has 0 bridgehead atoms. The van der Waals surface area contributed by atoms with Crippen molar-refractivity contribution in [2.45, 2.75) is 39.2 Å². The van der Waals surface area contributed by atoms with Crippen LogP contribution in [0.15, 0.2) is 65.3 Å². The van der Waals surface area contributed by atoms with Crippen molar-refractivity contribution in [2.75, 3.05) is 5.32 Å². The summed E-state index contributed by atoms with van der Waals surface area (Å²) >= 11 is 5.94. The first-order valence-electron chi connectivity index (χ1n) is 10.5. The van der Waals surface area contributed by atoms with Gasteiger partial charge >= 0.3 is 0 Å². The third-order valence-electron chi connectivity index (χ3n) is 5.10. The lowest BCUT2D eigenvalue weighted by molar-refractivity contribution is -0.116. The average Bonchev–Trinajstić information content (AvgIpc) is 3.44. The number of anilines is 1. The van der Waals surface area contributed by atoms with Gasteiger partial charge in [-0.2, -0.15) is 10.1 Å². The van der Waals surface area contributed by atoms with Gasteiger partial charge in [-0.25, -0.2) is 4.68 Å². The van der Waals surface area contributed by atoms with Crippen molar-refractivity contribution in [2.24, 2.45) is 0 Å². The molecule has 0 atom stereocenters. The van der Waals surface area contributed by atoms with E-state index in [1.54, 1.807) is 16.9 Å². The summed E-state index contributed by atoms with van der Waals surface area (Å²) in [6.07, 6.45) is 2.23. The van der Waals surface area contributed by atoms with Crippen LogP contribution in [0.25, 0.3) is 11.4 Å². The number of halogens is 1. The zero-order valence-corrected chi connectivity index (χ0v) is 18.7. The minimum absolute atomic E-state index is 0.149. The van der Waals surface area contributed by atoms with Crippen LogP contribution in [0.1, 0.15) is 43.2 Å². The van der Waals surface area contributed by atoms with E-state index in [2.05, 4.69) is 46.5 Å². The largest absolute Gasteiger partial charge is 0.339 e. The minimum Gasteiger partial charge on any atom is -0.339 e. The van der Waals surface area contributed by atoms with Gasteiger partial charge in [-0.15, -0.1) is 0 Å².